The van der Waals surface area contributed by atoms with E-state index < -0.39 is 17.2 Å². The number of hydrogen-bond acceptors (Lipinski definition) is 6. The van der Waals surface area contributed by atoms with Gasteiger partial charge in [0.15, 0.2) is 11.0 Å². The molecular weight excluding hydrogens is 364 g/mol. The zero-order chi connectivity index (χ0) is 20.0. The van der Waals surface area contributed by atoms with Crippen LogP contribution in [0.1, 0.15) is 27.7 Å². The number of nitrogens with one attached hydrogen (secondary N) is 1. The number of carbonyl (C=O) groups excluding carboxylic acids is 2. The number of nitrogens with zero attached hydrogens (tertiary/aromatic N) is 4. The van der Waals surface area contributed by atoms with Crippen LogP contribution < -0.4 is 16.0 Å². The van der Waals surface area contributed by atoms with Crippen molar-refractivity contribution in [3.63, 3.8) is 0 Å². The van der Waals surface area contributed by atoms with Crippen LogP contribution >= 0.6 is 11.8 Å². The summed E-state index contributed by atoms with van der Waals surface area (Å²) in [7, 11) is 0. The number of carbonyl (C=O) groups is 2. The summed E-state index contributed by atoms with van der Waals surface area (Å²) in [5.41, 5.74) is 7.12. The van der Waals surface area contributed by atoms with Gasteiger partial charge in [0, 0.05) is 30.9 Å². The second-order valence-electron chi connectivity index (χ2n) is 5.88. The first-order valence-corrected chi connectivity index (χ1v) is 9.84. The van der Waals surface area contributed by atoms with Crippen molar-refractivity contribution in [3.05, 3.63) is 24.3 Å². The first-order chi connectivity index (χ1) is 12.9. The molecule has 1 aromatic heterocycles. The summed E-state index contributed by atoms with van der Waals surface area (Å²) in [5.74, 6) is 0.289. The predicted octanol–water partition coefficient (Wildman–Crippen LogP) is 2.49. The van der Waals surface area contributed by atoms with Gasteiger partial charge >= 0.3 is 6.03 Å². The quantitative estimate of drug-likeness (QED) is 0.671. The smallest absolute Gasteiger partial charge is 0.318 e. The maximum Gasteiger partial charge on any atom is 0.318 e. The Balaban J connectivity index is 2.22. The van der Waals surface area contributed by atoms with Gasteiger partial charge < -0.3 is 15.2 Å². The number of hydrogen-bond donors (Lipinski definition) is 2. The van der Waals surface area contributed by atoms with Crippen LogP contribution in [0.2, 0.25) is 0 Å². The third-order valence-electron chi connectivity index (χ3n) is 4.18. The molecular formula is C18H26N6O2S. The lowest BCUT2D eigenvalue weighted by molar-refractivity contribution is -0.119. The number of imide groups is 1. The molecule has 1 heterocycles. The summed E-state index contributed by atoms with van der Waals surface area (Å²) in [6.45, 7) is 10.5. The molecule has 2 aromatic rings. The highest BCUT2D eigenvalue weighted by atomic mass is 32.2. The fraction of sp³-hybridized carbons (Fsp3) is 0.444. The fourth-order valence-electron chi connectivity index (χ4n) is 2.72. The van der Waals surface area contributed by atoms with Gasteiger partial charge in [0.2, 0.25) is 5.91 Å². The minimum atomic E-state index is -0.863. The number of urea groups is 1. The summed E-state index contributed by atoms with van der Waals surface area (Å²) in [6, 6.07) is 7.35. The first kappa shape index (κ1) is 20.8. The Kier molecular flexibility index (Phi) is 7.23. The number of anilines is 1. The van der Waals surface area contributed by atoms with Gasteiger partial charge in [-0.2, -0.15) is 0 Å². The van der Waals surface area contributed by atoms with Crippen molar-refractivity contribution in [3.8, 4) is 11.4 Å². The number of amides is 3. The first-order valence-electron chi connectivity index (χ1n) is 8.96. The molecule has 3 N–H and O–H groups in total. The average Bonchev–Trinajstić information content (AvgIpc) is 3.05. The Bertz CT molecular complexity index is 786. The van der Waals surface area contributed by atoms with Crippen LogP contribution in [-0.4, -0.2) is 45.0 Å². The number of thioether (sulfide) groups is 1. The normalized spacial score (nSPS) is 11.9. The van der Waals surface area contributed by atoms with E-state index in [1.165, 1.54) is 11.8 Å². The van der Waals surface area contributed by atoms with Crippen molar-refractivity contribution in [2.24, 2.45) is 5.73 Å². The monoisotopic (exact) mass is 390 g/mol. The minimum absolute atomic E-state index is 0.455. The van der Waals surface area contributed by atoms with Crippen LogP contribution in [0.3, 0.4) is 0 Å². The van der Waals surface area contributed by atoms with Crippen molar-refractivity contribution in [2.75, 3.05) is 18.0 Å². The van der Waals surface area contributed by atoms with Crippen LogP contribution in [0.5, 0.6) is 0 Å². The largest absolute Gasteiger partial charge is 0.372 e. The molecule has 2 rings (SSSR count). The maximum absolute atomic E-state index is 11.9. The predicted molar refractivity (Wildman–Crippen MR) is 108 cm³/mol. The lowest BCUT2D eigenvalue weighted by Crippen LogP contribution is -2.39. The number of benzene rings is 1. The number of primary amides is 1. The van der Waals surface area contributed by atoms with Crippen LogP contribution in [0.15, 0.2) is 29.4 Å². The maximum atomic E-state index is 11.9. The molecule has 1 aromatic carbocycles. The Morgan fingerprint density at radius 2 is 1.81 bits per heavy atom. The molecule has 1 atom stereocenters. The molecule has 0 fully saturated rings. The van der Waals surface area contributed by atoms with Gasteiger partial charge in [-0.3, -0.25) is 10.1 Å². The van der Waals surface area contributed by atoms with E-state index in [1.54, 1.807) is 6.92 Å². The van der Waals surface area contributed by atoms with Crippen molar-refractivity contribution >= 4 is 29.4 Å². The summed E-state index contributed by atoms with van der Waals surface area (Å²) < 4.78 is 1.95. The van der Waals surface area contributed by atoms with Gasteiger partial charge in [-0.1, -0.05) is 11.8 Å². The molecule has 9 heteroatoms. The molecule has 0 spiro atoms. The zero-order valence-corrected chi connectivity index (χ0v) is 16.9. The van der Waals surface area contributed by atoms with Crippen molar-refractivity contribution in [1.82, 2.24) is 20.1 Å². The Morgan fingerprint density at radius 1 is 1.19 bits per heavy atom. The van der Waals surface area contributed by atoms with E-state index in [4.69, 9.17) is 5.73 Å². The van der Waals surface area contributed by atoms with Gasteiger partial charge in [0.25, 0.3) is 0 Å². The topological polar surface area (TPSA) is 106 Å². The standard InChI is InChI=1S/C18H26N6O2S/c1-5-23(6-2)14-10-8-13(9-11-14)15-21-22-18(24(15)7-3)27-12(4)16(25)20-17(19)26/h8-12H,5-7H2,1-4H3,(H3,19,20,25,26)/t12-/m1/s1. The minimum Gasteiger partial charge on any atom is -0.372 e. The van der Waals surface area contributed by atoms with Gasteiger partial charge in [0.05, 0.1) is 5.25 Å². The molecule has 0 aliphatic heterocycles. The van der Waals surface area contributed by atoms with E-state index >= 15 is 0 Å². The van der Waals surface area contributed by atoms with Gasteiger partial charge in [0.1, 0.15) is 0 Å². The van der Waals surface area contributed by atoms with Crippen LogP contribution in [-0.2, 0) is 11.3 Å². The van der Waals surface area contributed by atoms with E-state index in [-0.39, 0.29) is 0 Å². The van der Waals surface area contributed by atoms with E-state index in [0.717, 1.165) is 30.2 Å². The highest BCUT2D eigenvalue weighted by Crippen LogP contribution is 2.28. The Morgan fingerprint density at radius 3 is 2.33 bits per heavy atom. The molecule has 0 radical (unpaired) electrons. The zero-order valence-electron chi connectivity index (χ0n) is 16.1. The third kappa shape index (κ3) is 5.00. The highest BCUT2D eigenvalue weighted by Gasteiger charge is 2.21. The second-order valence-corrected chi connectivity index (χ2v) is 7.19. The number of rotatable bonds is 8. The SMILES string of the molecule is CCN(CC)c1ccc(-c2nnc(S[C@H](C)C(=O)NC(N)=O)n2CC)cc1. The second kappa shape index (κ2) is 9.40. The molecule has 8 nitrogen and oxygen atoms in total. The summed E-state index contributed by atoms with van der Waals surface area (Å²) in [5, 5.41) is 10.7. The Labute approximate surface area is 163 Å². The Hall–Kier alpha value is -2.55. The van der Waals surface area contributed by atoms with E-state index in [1.807, 2.05) is 23.6 Å². The molecule has 0 aliphatic carbocycles. The molecule has 0 aliphatic rings. The van der Waals surface area contributed by atoms with Gasteiger partial charge in [-0.05, 0) is 52.0 Å². The summed E-state index contributed by atoms with van der Waals surface area (Å²) >= 11 is 1.24. The molecule has 0 saturated heterocycles. The van der Waals surface area contributed by atoms with Crippen molar-refractivity contribution in [1.29, 1.82) is 0 Å². The molecule has 0 unspecified atom stereocenters. The number of aromatic nitrogens is 3. The lowest BCUT2D eigenvalue weighted by Gasteiger charge is -2.21. The van der Waals surface area contributed by atoms with Crippen molar-refractivity contribution < 1.29 is 9.59 Å². The average molecular weight is 391 g/mol. The molecule has 0 bridgehead atoms. The van der Waals surface area contributed by atoms with Gasteiger partial charge in [-0.15, -0.1) is 10.2 Å². The van der Waals surface area contributed by atoms with Crippen LogP contribution in [0, 0.1) is 0 Å². The highest BCUT2D eigenvalue weighted by molar-refractivity contribution is 8.00. The van der Waals surface area contributed by atoms with Gasteiger partial charge in [-0.25, -0.2) is 4.79 Å². The molecule has 3 amide bonds. The lowest BCUT2D eigenvalue weighted by atomic mass is 10.2. The third-order valence-corrected chi connectivity index (χ3v) is 5.27. The van der Waals surface area contributed by atoms with E-state index in [9.17, 15) is 9.59 Å². The van der Waals surface area contributed by atoms with E-state index in [2.05, 4.69) is 46.4 Å². The van der Waals surface area contributed by atoms with Crippen molar-refractivity contribution in [2.45, 2.75) is 44.6 Å². The van der Waals surface area contributed by atoms with Crippen LogP contribution in [0.25, 0.3) is 11.4 Å². The van der Waals surface area contributed by atoms with E-state index in [0.29, 0.717) is 11.7 Å². The number of nitrogens with two attached hydrogens (primary N) is 1. The fourth-order valence-corrected chi connectivity index (χ4v) is 3.63. The molecule has 0 saturated carbocycles. The summed E-state index contributed by atoms with van der Waals surface area (Å²) in [6.07, 6.45) is 0. The summed E-state index contributed by atoms with van der Waals surface area (Å²) in [4.78, 5) is 25.0. The molecule has 27 heavy (non-hydrogen) atoms. The molecule has 146 valence electrons. The van der Waals surface area contributed by atoms with Crippen LogP contribution in [0.4, 0.5) is 10.5 Å².